The number of nitro benzene ring substituents is 1. The molecule has 0 aliphatic carbocycles. The number of ether oxygens (including phenoxy) is 2. The molecule has 0 aliphatic rings. The fourth-order valence-electron chi connectivity index (χ4n) is 1.55. The van der Waals surface area contributed by atoms with E-state index >= 15 is 0 Å². The second-order valence-corrected chi connectivity index (χ2v) is 4.06. The van der Waals surface area contributed by atoms with Crippen LogP contribution in [0.2, 0.25) is 0 Å². The minimum atomic E-state index is -0.483. The normalized spacial score (nSPS) is 11.9. The van der Waals surface area contributed by atoms with E-state index in [2.05, 4.69) is 5.32 Å². The molecule has 1 atom stereocenters. The van der Waals surface area contributed by atoms with Crippen LogP contribution in [-0.2, 0) is 0 Å². The largest absolute Gasteiger partial charge is 0.493 e. The molecule has 0 radical (unpaired) electrons. The van der Waals surface area contributed by atoms with Crippen molar-refractivity contribution in [2.24, 2.45) is 5.92 Å². The van der Waals surface area contributed by atoms with E-state index in [1.807, 2.05) is 14.0 Å². The zero-order chi connectivity index (χ0) is 13.5. The first-order chi connectivity index (χ1) is 8.58. The van der Waals surface area contributed by atoms with Crippen LogP contribution in [0.4, 0.5) is 5.69 Å². The number of rotatable bonds is 7. The summed E-state index contributed by atoms with van der Waals surface area (Å²) in [6.45, 7) is 3.37. The minimum absolute atomic E-state index is 0.0868. The van der Waals surface area contributed by atoms with Crippen LogP contribution in [0.15, 0.2) is 18.2 Å². The van der Waals surface area contributed by atoms with E-state index in [4.69, 9.17) is 9.47 Å². The maximum Gasteiger partial charge on any atom is 0.314 e. The molecule has 1 unspecified atom stereocenters. The van der Waals surface area contributed by atoms with Gasteiger partial charge in [-0.25, -0.2) is 0 Å². The highest BCUT2D eigenvalue weighted by Crippen LogP contribution is 2.30. The Balaban J connectivity index is 2.73. The average molecular weight is 254 g/mol. The van der Waals surface area contributed by atoms with Gasteiger partial charge in [0.05, 0.1) is 24.7 Å². The summed E-state index contributed by atoms with van der Waals surface area (Å²) in [4.78, 5) is 10.4. The summed E-state index contributed by atoms with van der Waals surface area (Å²) in [5, 5.41) is 13.9. The number of nitrogens with one attached hydrogen (secondary N) is 1. The summed E-state index contributed by atoms with van der Waals surface area (Å²) in [5.41, 5.74) is -0.0868. The molecule has 0 saturated carbocycles. The van der Waals surface area contributed by atoms with Gasteiger partial charge in [-0.15, -0.1) is 0 Å². The summed E-state index contributed by atoms with van der Waals surface area (Å²) in [5.74, 6) is 1.04. The third-order valence-corrected chi connectivity index (χ3v) is 2.43. The predicted octanol–water partition coefficient (Wildman–Crippen LogP) is 1.84. The lowest BCUT2D eigenvalue weighted by atomic mass is 10.2. The summed E-state index contributed by atoms with van der Waals surface area (Å²) >= 11 is 0. The molecule has 0 fully saturated rings. The summed E-state index contributed by atoms with van der Waals surface area (Å²) < 4.78 is 10.4. The minimum Gasteiger partial charge on any atom is -0.493 e. The third kappa shape index (κ3) is 3.89. The van der Waals surface area contributed by atoms with Gasteiger partial charge in [0.1, 0.15) is 5.75 Å². The molecule has 0 saturated heterocycles. The van der Waals surface area contributed by atoms with E-state index in [0.29, 0.717) is 18.3 Å². The van der Waals surface area contributed by atoms with Crippen LogP contribution in [0.3, 0.4) is 0 Å². The monoisotopic (exact) mass is 254 g/mol. The summed E-state index contributed by atoms with van der Waals surface area (Å²) in [6.07, 6.45) is 0. The molecular weight excluding hydrogens is 236 g/mol. The lowest BCUT2D eigenvalue weighted by Crippen LogP contribution is -2.21. The van der Waals surface area contributed by atoms with Gasteiger partial charge in [0.2, 0.25) is 0 Å². The molecule has 1 aromatic carbocycles. The van der Waals surface area contributed by atoms with Crippen molar-refractivity contribution >= 4 is 5.69 Å². The molecule has 6 heteroatoms. The van der Waals surface area contributed by atoms with Crippen molar-refractivity contribution in [1.29, 1.82) is 0 Å². The van der Waals surface area contributed by atoms with Crippen LogP contribution in [0.25, 0.3) is 0 Å². The molecule has 0 aliphatic heterocycles. The zero-order valence-corrected chi connectivity index (χ0v) is 10.8. The van der Waals surface area contributed by atoms with Gasteiger partial charge in [-0.3, -0.25) is 10.1 Å². The standard InChI is InChI=1S/C12H18N2O4/c1-9(7-13-2)8-18-10-4-5-12(17-3)11(6-10)14(15)16/h4-6,9,13H,7-8H2,1-3H3. The van der Waals surface area contributed by atoms with Crippen LogP contribution in [0, 0.1) is 16.0 Å². The molecule has 18 heavy (non-hydrogen) atoms. The van der Waals surface area contributed by atoms with Gasteiger partial charge in [-0.05, 0) is 19.2 Å². The van der Waals surface area contributed by atoms with Crippen LogP contribution < -0.4 is 14.8 Å². The van der Waals surface area contributed by atoms with E-state index in [0.717, 1.165) is 6.54 Å². The molecular formula is C12H18N2O4. The highest BCUT2D eigenvalue weighted by atomic mass is 16.6. The first-order valence-electron chi connectivity index (χ1n) is 5.68. The Morgan fingerprint density at radius 3 is 2.78 bits per heavy atom. The Kier molecular flexibility index (Phi) is 5.38. The van der Waals surface area contributed by atoms with E-state index in [1.54, 1.807) is 6.07 Å². The van der Waals surface area contributed by atoms with Crippen LogP contribution in [-0.4, -0.2) is 32.2 Å². The van der Waals surface area contributed by atoms with Gasteiger partial charge in [0, 0.05) is 12.5 Å². The fraction of sp³-hybridized carbons (Fsp3) is 0.500. The lowest BCUT2D eigenvalue weighted by Gasteiger charge is -2.12. The van der Waals surface area contributed by atoms with Gasteiger partial charge >= 0.3 is 5.69 Å². The van der Waals surface area contributed by atoms with Crippen molar-refractivity contribution in [3.63, 3.8) is 0 Å². The molecule has 0 amide bonds. The number of hydrogen-bond donors (Lipinski definition) is 1. The number of benzene rings is 1. The maximum atomic E-state index is 10.8. The Hall–Kier alpha value is -1.82. The van der Waals surface area contributed by atoms with E-state index < -0.39 is 4.92 Å². The first-order valence-corrected chi connectivity index (χ1v) is 5.68. The van der Waals surface area contributed by atoms with Gasteiger partial charge in [-0.2, -0.15) is 0 Å². The number of nitrogens with zero attached hydrogens (tertiary/aromatic N) is 1. The Morgan fingerprint density at radius 1 is 1.50 bits per heavy atom. The zero-order valence-electron chi connectivity index (χ0n) is 10.8. The molecule has 0 spiro atoms. The van der Waals surface area contributed by atoms with Crippen molar-refractivity contribution in [1.82, 2.24) is 5.32 Å². The molecule has 0 heterocycles. The smallest absolute Gasteiger partial charge is 0.314 e. The summed E-state index contributed by atoms with van der Waals surface area (Å²) in [7, 11) is 3.27. The topological polar surface area (TPSA) is 73.6 Å². The Labute approximate surface area is 106 Å². The van der Waals surface area contributed by atoms with Crippen LogP contribution in [0.1, 0.15) is 6.92 Å². The molecule has 1 rings (SSSR count). The van der Waals surface area contributed by atoms with E-state index in [-0.39, 0.29) is 11.4 Å². The van der Waals surface area contributed by atoms with Crippen molar-refractivity contribution in [2.75, 3.05) is 27.3 Å². The number of methoxy groups -OCH3 is 1. The van der Waals surface area contributed by atoms with E-state index in [9.17, 15) is 10.1 Å². The average Bonchev–Trinajstić information content (AvgIpc) is 2.36. The molecule has 1 N–H and O–H groups in total. The Morgan fingerprint density at radius 2 is 2.22 bits per heavy atom. The maximum absolute atomic E-state index is 10.8. The van der Waals surface area contributed by atoms with Gasteiger partial charge in [-0.1, -0.05) is 6.92 Å². The second-order valence-electron chi connectivity index (χ2n) is 4.06. The SMILES string of the molecule is CNCC(C)COc1ccc(OC)c([N+](=O)[O-])c1. The third-order valence-electron chi connectivity index (χ3n) is 2.43. The van der Waals surface area contributed by atoms with Crippen molar-refractivity contribution in [3.8, 4) is 11.5 Å². The predicted molar refractivity (Wildman–Crippen MR) is 68.2 cm³/mol. The second kappa shape index (κ2) is 6.80. The molecule has 100 valence electrons. The molecule has 0 aromatic heterocycles. The highest BCUT2D eigenvalue weighted by molar-refractivity contribution is 5.50. The van der Waals surface area contributed by atoms with Gasteiger partial charge in [0.15, 0.2) is 5.75 Å². The fourth-order valence-corrected chi connectivity index (χ4v) is 1.55. The first kappa shape index (κ1) is 14.2. The van der Waals surface area contributed by atoms with Gasteiger partial charge < -0.3 is 14.8 Å². The van der Waals surface area contributed by atoms with Gasteiger partial charge in [0.25, 0.3) is 0 Å². The quantitative estimate of drug-likeness (QED) is 0.593. The molecule has 0 bridgehead atoms. The number of nitro groups is 1. The lowest BCUT2D eigenvalue weighted by molar-refractivity contribution is -0.385. The van der Waals surface area contributed by atoms with Crippen molar-refractivity contribution < 1.29 is 14.4 Å². The Bertz CT molecular complexity index is 409. The van der Waals surface area contributed by atoms with E-state index in [1.165, 1.54) is 19.2 Å². The van der Waals surface area contributed by atoms with Crippen molar-refractivity contribution in [3.05, 3.63) is 28.3 Å². The molecule has 6 nitrogen and oxygen atoms in total. The van der Waals surface area contributed by atoms with Crippen molar-refractivity contribution in [2.45, 2.75) is 6.92 Å². The summed E-state index contributed by atoms with van der Waals surface area (Å²) in [6, 6.07) is 4.58. The highest BCUT2D eigenvalue weighted by Gasteiger charge is 2.16. The molecule has 1 aromatic rings. The van der Waals surface area contributed by atoms with Crippen LogP contribution in [0.5, 0.6) is 11.5 Å². The number of hydrogen-bond acceptors (Lipinski definition) is 5. The van der Waals surface area contributed by atoms with Crippen LogP contribution >= 0.6 is 0 Å².